The first kappa shape index (κ1) is 22.7. The number of oxime groups is 1. The van der Waals surface area contributed by atoms with Crippen LogP contribution < -0.4 is 5.32 Å². The number of carbonyl (C=O) groups is 1. The molecule has 3 aliphatic heterocycles. The molecule has 2 saturated heterocycles. The Balaban J connectivity index is 1.28. The number of carboxylic acid groups (broad SMARTS) is 1. The smallest absolute Gasteiger partial charge is 0.303 e. The first-order valence-corrected chi connectivity index (χ1v) is 11.8. The van der Waals surface area contributed by atoms with E-state index in [2.05, 4.69) is 34.1 Å². The van der Waals surface area contributed by atoms with E-state index in [1.165, 1.54) is 0 Å². The number of nitrogens with one attached hydrogen (secondary N) is 2. The number of hydrogen-bond donors (Lipinski definition) is 3. The fraction of sp³-hybridized carbons (Fsp3) is 0.625. The Morgan fingerprint density at radius 2 is 1.84 bits per heavy atom. The molecule has 1 aromatic rings. The molecule has 4 rings (SSSR count). The summed E-state index contributed by atoms with van der Waals surface area (Å²) < 4.78 is 0. The van der Waals surface area contributed by atoms with Crippen molar-refractivity contribution in [1.82, 2.24) is 15.1 Å². The van der Waals surface area contributed by atoms with E-state index in [1.807, 2.05) is 24.3 Å². The zero-order valence-electron chi connectivity index (χ0n) is 19.1. The van der Waals surface area contributed by atoms with Crippen molar-refractivity contribution in [2.45, 2.75) is 57.7 Å². The highest BCUT2D eigenvalue weighted by atomic mass is 16.6. The monoisotopic (exact) mass is 441 g/mol. The van der Waals surface area contributed by atoms with E-state index < -0.39 is 5.97 Å². The quantitative estimate of drug-likeness (QED) is 0.463. The molecule has 8 heteroatoms. The average molecular weight is 442 g/mol. The summed E-state index contributed by atoms with van der Waals surface area (Å²) in [5, 5.41) is 25.4. The predicted octanol–water partition coefficient (Wildman–Crippen LogP) is 2.37. The minimum atomic E-state index is -0.696. The highest BCUT2D eigenvalue weighted by Gasteiger charge is 2.29. The molecule has 3 aliphatic rings. The lowest BCUT2D eigenvalue weighted by molar-refractivity contribution is -0.138. The summed E-state index contributed by atoms with van der Waals surface area (Å²) >= 11 is 0. The number of carboxylic acids is 1. The Labute approximate surface area is 190 Å². The molecule has 3 heterocycles. The van der Waals surface area contributed by atoms with Gasteiger partial charge in [-0.05, 0) is 51.3 Å². The number of piperidine rings is 1. The van der Waals surface area contributed by atoms with Gasteiger partial charge in [-0.25, -0.2) is 0 Å². The molecular weight excluding hydrogens is 406 g/mol. The molecular formula is C24H35N5O3. The molecule has 3 unspecified atom stereocenters. The summed E-state index contributed by atoms with van der Waals surface area (Å²) in [4.78, 5) is 21.2. The van der Waals surface area contributed by atoms with E-state index in [4.69, 9.17) is 15.4 Å². The Morgan fingerprint density at radius 3 is 2.47 bits per heavy atom. The SMILES string of the molecule is CC1CNCC(C)N1C(=N)c1ccc(C2=NOC(CN3CCC(CC(=O)O)CC3)C2)cc1. The molecule has 2 fully saturated rings. The molecule has 0 aliphatic carbocycles. The molecule has 32 heavy (non-hydrogen) atoms. The van der Waals surface area contributed by atoms with Crippen molar-refractivity contribution in [3.8, 4) is 0 Å². The maximum absolute atomic E-state index is 10.9. The zero-order chi connectivity index (χ0) is 22.7. The van der Waals surface area contributed by atoms with Crippen molar-refractivity contribution >= 4 is 17.5 Å². The topological polar surface area (TPSA) is 101 Å². The van der Waals surface area contributed by atoms with Gasteiger partial charge in [0.15, 0.2) is 0 Å². The minimum Gasteiger partial charge on any atom is -0.481 e. The molecule has 1 aromatic carbocycles. The van der Waals surface area contributed by atoms with Gasteiger partial charge in [-0.15, -0.1) is 0 Å². The van der Waals surface area contributed by atoms with Gasteiger partial charge in [0, 0.05) is 50.1 Å². The van der Waals surface area contributed by atoms with Gasteiger partial charge in [-0.3, -0.25) is 15.1 Å². The number of rotatable bonds is 6. The van der Waals surface area contributed by atoms with Crippen LogP contribution in [0.4, 0.5) is 0 Å². The van der Waals surface area contributed by atoms with Crippen molar-refractivity contribution in [3.05, 3.63) is 35.4 Å². The number of piperazine rings is 1. The predicted molar refractivity (Wildman–Crippen MR) is 124 cm³/mol. The number of hydrogen-bond acceptors (Lipinski definition) is 6. The third-order valence-electron chi connectivity index (χ3n) is 6.94. The van der Waals surface area contributed by atoms with Gasteiger partial charge in [0.1, 0.15) is 11.9 Å². The Morgan fingerprint density at radius 1 is 1.19 bits per heavy atom. The maximum atomic E-state index is 10.9. The molecule has 0 amide bonds. The van der Waals surface area contributed by atoms with Crippen molar-refractivity contribution in [3.63, 3.8) is 0 Å². The van der Waals surface area contributed by atoms with Gasteiger partial charge < -0.3 is 20.2 Å². The second kappa shape index (κ2) is 10.0. The molecule has 0 aromatic heterocycles. The summed E-state index contributed by atoms with van der Waals surface area (Å²) in [6, 6.07) is 8.72. The van der Waals surface area contributed by atoms with Gasteiger partial charge in [0.05, 0.1) is 5.71 Å². The van der Waals surface area contributed by atoms with Crippen LogP contribution in [0.15, 0.2) is 29.4 Å². The van der Waals surface area contributed by atoms with Crippen LogP contribution in [0.2, 0.25) is 0 Å². The standard InChI is InChI=1S/C24H35N5O3/c1-16-13-26-14-17(2)29(16)24(25)20-5-3-19(4-6-20)22-12-21(32-27-22)15-28-9-7-18(8-10-28)11-23(30)31/h3-6,16-18,21,25-26H,7-15H2,1-2H3,(H,30,31). The number of aliphatic carboxylic acids is 1. The Kier molecular flexibility index (Phi) is 7.10. The lowest BCUT2D eigenvalue weighted by Crippen LogP contribution is -2.57. The summed E-state index contributed by atoms with van der Waals surface area (Å²) in [6.45, 7) is 8.79. The lowest BCUT2D eigenvalue weighted by Gasteiger charge is -2.41. The van der Waals surface area contributed by atoms with Crippen LogP contribution in [0.25, 0.3) is 0 Å². The number of amidine groups is 1. The van der Waals surface area contributed by atoms with E-state index in [-0.39, 0.29) is 12.5 Å². The molecule has 174 valence electrons. The van der Waals surface area contributed by atoms with Gasteiger partial charge >= 0.3 is 5.97 Å². The molecule has 0 spiro atoms. The largest absolute Gasteiger partial charge is 0.481 e. The highest BCUT2D eigenvalue weighted by molar-refractivity contribution is 6.03. The zero-order valence-corrected chi connectivity index (χ0v) is 19.1. The van der Waals surface area contributed by atoms with Crippen LogP contribution in [-0.2, 0) is 9.63 Å². The van der Waals surface area contributed by atoms with Crippen molar-refractivity contribution in [2.75, 3.05) is 32.7 Å². The van der Waals surface area contributed by atoms with Crippen molar-refractivity contribution < 1.29 is 14.7 Å². The summed E-state index contributed by atoms with van der Waals surface area (Å²) in [5.74, 6) is 0.176. The van der Waals surface area contributed by atoms with E-state index in [9.17, 15) is 4.79 Å². The van der Waals surface area contributed by atoms with Crippen LogP contribution in [0, 0.1) is 11.3 Å². The summed E-state index contributed by atoms with van der Waals surface area (Å²) in [7, 11) is 0. The third-order valence-corrected chi connectivity index (χ3v) is 6.94. The van der Waals surface area contributed by atoms with E-state index >= 15 is 0 Å². The van der Waals surface area contributed by atoms with Crippen LogP contribution in [0.3, 0.4) is 0 Å². The van der Waals surface area contributed by atoms with Gasteiger partial charge in [-0.2, -0.15) is 0 Å². The second-order valence-corrected chi connectivity index (χ2v) is 9.50. The van der Waals surface area contributed by atoms with Crippen LogP contribution in [0.1, 0.15) is 50.7 Å². The first-order chi connectivity index (χ1) is 15.4. The van der Waals surface area contributed by atoms with Crippen LogP contribution in [-0.4, -0.2) is 83.3 Å². The number of nitrogens with zero attached hydrogens (tertiary/aromatic N) is 3. The summed E-state index contributed by atoms with van der Waals surface area (Å²) in [6.07, 6.45) is 2.97. The minimum absolute atomic E-state index is 0.0431. The fourth-order valence-electron chi connectivity index (χ4n) is 5.15. The van der Waals surface area contributed by atoms with Gasteiger partial charge in [0.25, 0.3) is 0 Å². The highest BCUT2D eigenvalue weighted by Crippen LogP contribution is 2.24. The maximum Gasteiger partial charge on any atom is 0.303 e. The van der Waals surface area contributed by atoms with Gasteiger partial charge in [0.2, 0.25) is 0 Å². The average Bonchev–Trinajstić information content (AvgIpc) is 3.23. The Bertz CT molecular complexity index is 838. The van der Waals surface area contributed by atoms with E-state index in [0.717, 1.165) is 68.8 Å². The molecule has 0 radical (unpaired) electrons. The molecule has 0 saturated carbocycles. The van der Waals surface area contributed by atoms with Gasteiger partial charge in [-0.1, -0.05) is 29.4 Å². The Hall–Kier alpha value is -2.45. The number of likely N-dealkylation sites (tertiary alicyclic amines) is 1. The normalized spacial score (nSPS) is 27.1. The molecule has 3 atom stereocenters. The van der Waals surface area contributed by atoms with Crippen LogP contribution in [0.5, 0.6) is 0 Å². The fourth-order valence-corrected chi connectivity index (χ4v) is 5.15. The molecule has 3 N–H and O–H groups in total. The lowest BCUT2D eigenvalue weighted by atomic mass is 9.93. The summed E-state index contributed by atoms with van der Waals surface area (Å²) in [5.41, 5.74) is 2.93. The van der Waals surface area contributed by atoms with Crippen molar-refractivity contribution in [2.24, 2.45) is 11.1 Å². The molecule has 0 bridgehead atoms. The second-order valence-electron chi connectivity index (χ2n) is 9.50. The number of benzene rings is 1. The van der Waals surface area contributed by atoms with E-state index in [0.29, 0.717) is 23.8 Å². The van der Waals surface area contributed by atoms with Crippen LogP contribution >= 0.6 is 0 Å². The molecule has 8 nitrogen and oxygen atoms in total. The first-order valence-electron chi connectivity index (χ1n) is 11.8. The van der Waals surface area contributed by atoms with Crippen molar-refractivity contribution in [1.29, 1.82) is 5.41 Å². The van der Waals surface area contributed by atoms with E-state index in [1.54, 1.807) is 0 Å². The third kappa shape index (κ3) is 5.30.